The highest BCUT2D eigenvalue weighted by atomic mass is 19.2. The lowest BCUT2D eigenvalue weighted by molar-refractivity contribution is -0.137. The van der Waals surface area contributed by atoms with Crippen LogP contribution in [-0.4, -0.2) is 76.0 Å². The van der Waals surface area contributed by atoms with E-state index < -0.39 is 35.7 Å². The van der Waals surface area contributed by atoms with Crippen LogP contribution >= 0.6 is 0 Å². The summed E-state index contributed by atoms with van der Waals surface area (Å²) in [7, 11) is 2.46. The first-order valence-corrected chi connectivity index (χ1v) is 12.4. The number of carbonyl (C=O) groups is 3. The van der Waals surface area contributed by atoms with Crippen molar-refractivity contribution in [2.45, 2.75) is 12.1 Å². The second kappa shape index (κ2) is 12.5. The number of hydrogen-bond donors (Lipinski definition) is 3. The van der Waals surface area contributed by atoms with Gasteiger partial charge in [0.15, 0.2) is 11.6 Å². The minimum absolute atomic E-state index is 0.0109. The van der Waals surface area contributed by atoms with E-state index in [0.717, 1.165) is 29.8 Å². The van der Waals surface area contributed by atoms with Gasteiger partial charge in [-0.15, -0.1) is 0 Å². The van der Waals surface area contributed by atoms with Crippen LogP contribution in [0.25, 0.3) is 0 Å². The molecule has 3 N–H and O–H groups in total. The minimum atomic E-state index is -1.41. The van der Waals surface area contributed by atoms with Crippen molar-refractivity contribution in [1.29, 1.82) is 5.26 Å². The van der Waals surface area contributed by atoms with E-state index in [2.05, 4.69) is 26.9 Å². The summed E-state index contributed by atoms with van der Waals surface area (Å²) < 4.78 is 37.8. The molecule has 11 nitrogen and oxygen atoms in total. The topological polar surface area (TPSA) is 136 Å². The van der Waals surface area contributed by atoms with Crippen molar-refractivity contribution < 1.29 is 32.6 Å². The van der Waals surface area contributed by atoms with Gasteiger partial charge in [-0.05, 0) is 29.8 Å². The third-order valence-electron chi connectivity index (χ3n) is 6.59. The van der Waals surface area contributed by atoms with Crippen LogP contribution < -0.4 is 20.9 Å². The molecule has 40 heavy (non-hydrogen) atoms. The molecule has 210 valence electrons. The Kier molecular flexibility index (Phi) is 8.93. The van der Waals surface area contributed by atoms with Crippen molar-refractivity contribution in [3.8, 4) is 6.07 Å². The summed E-state index contributed by atoms with van der Waals surface area (Å²) >= 11 is 0. The van der Waals surface area contributed by atoms with Gasteiger partial charge in [0.25, 0.3) is 0 Å². The molecule has 2 aliphatic heterocycles. The Morgan fingerprint density at radius 2 is 1.88 bits per heavy atom. The lowest BCUT2D eigenvalue weighted by Crippen LogP contribution is -2.59. The normalized spacial score (nSPS) is 17.2. The molecule has 0 bridgehead atoms. The number of nitrogens with zero attached hydrogens (tertiary/aromatic N) is 3. The third-order valence-corrected chi connectivity index (χ3v) is 6.59. The van der Waals surface area contributed by atoms with Crippen molar-refractivity contribution in [1.82, 2.24) is 20.9 Å². The number of hydrogen-bond acceptors (Lipinski definition) is 8. The number of urea groups is 2. The Hall–Kier alpha value is -4.54. The predicted molar refractivity (Wildman–Crippen MR) is 139 cm³/mol. The van der Waals surface area contributed by atoms with E-state index >= 15 is 0 Å². The molecule has 0 spiro atoms. The molecule has 2 heterocycles. The van der Waals surface area contributed by atoms with Crippen LogP contribution in [0.1, 0.15) is 17.2 Å². The largest absolute Gasteiger partial charge is 0.466 e. The summed E-state index contributed by atoms with van der Waals surface area (Å²) in [6.07, 6.45) is 0. The number of para-hydroxylation sites is 1. The average Bonchev–Trinajstić information content (AvgIpc) is 2.92. The summed E-state index contributed by atoms with van der Waals surface area (Å²) in [5, 5.41) is 17.7. The van der Waals surface area contributed by atoms with Crippen LogP contribution in [0.2, 0.25) is 0 Å². The van der Waals surface area contributed by atoms with Crippen LogP contribution in [0.15, 0.2) is 53.7 Å². The second-order valence-corrected chi connectivity index (χ2v) is 9.11. The molecule has 1 unspecified atom stereocenters. The number of imide groups is 1. The molecule has 0 aromatic heterocycles. The lowest BCUT2D eigenvalue weighted by atomic mass is 9.93. The Labute approximate surface area is 229 Å². The average molecular weight is 555 g/mol. The van der Waals surface area contributed by atoms with Crippen LogP contribution in [0.3, 0.4) is 0 Å². The number of benzene rings is 2. The molecule has 1 atom stereocenters. The van der Waals surface area contributed by atoms with Gasteiger partial charge in [-0.1, -0.05) is 18.2 Å². The Morgan fingerprint density at radius 1 is 1.12 bits per heavy atom. The van der Waals surface area contributed by atoms with Gasteiger partial charge < -0.3 is 30.3 Å². The first kappa shape index (κ1) is 28.5. The van der Waals surface area contributed by atoms with Gasteiger partial charge in [0.05, 0.1) is 36.2 Å². The predicted octanol–water partition coefficient (Wildman–Crippen LogP) is 2.16. The van der Waals surface area contributed by atoms with Gasteiger partial charge in [0.2, 0.25) is 0 Å². The highest BCUT2D eigenvalue weighted by molar-refractivity contribution is 6.01. The number of esters is 1. The molecule has 1 saturated heterocycles. The zero-order valence-corrected chi connectivity index (χ0v) is 21.9. The summed E-state index contributed by atoms with van der Waals surface area (Å²) in [6.45, 7) is 1.64. The molecule has 2 aromatic rings. The number of methoxy groups -OCH3 is 2. The Bertz CT molecular complexity index is 1370. The number of anilines is 1. The maximum atomic E-state index is 14.2. The summed E-state index contributed by atoms with van der Waals surface area (Å²) in [5.74, 6) is -3.22. The minimum Gasteiger partial charge on any atom is -0.466 e. The summed E-state index contributed by atoms with van der Waals surface area (Å²) in [4.78, 5) is 41.8. The van der Waals surface area contributed by atoms with E-state index in [0.29, 0.717) is 25.2 Å². The molecule has 2 aliphatic rings. The monoisotopic (exact) mass is 554 g/mol. The quantitative estimate of drug-likeness (QED) is 0.317. The number of amides is 4. The van der Waals surface area contributed by atoms with Gasteiger partial charge in [0.1, 0.15) is 12.1 Å². The molecule has 13 heteroatoms. The van der Waals surface area contributed by atoms with Crippen molar-refractivity contribution in [2.24, 2.45) is 0 Å². The Morgan fingerprint density at radius 3 is 2.55 bits per heavy atom. The zero-order valence-electron chi connectivity index (χ0n) is 21.9. The first-order valence-electron chi connectivity index (χ1n) is 12.4. The highest BCUT2D eigenvalue weighted by Crippen LogP contribution is 2.35. The van der Waals surface area contributed by atoms with Gasteiger partial charge in [-0.3, -0.25) is 0 Å². The molecular weight excluding hydrogens is 526 g/mol. The Balaban J connectivity index is 1.44. The maximum Gasteiger partial charge on any atom is 0.338 e. The van der Waals surface area contributed by atoms with Crippen molar-refractivity contribution in [3.05, 3.63) is 76.5 Å². The number of nitrogens with one attached hydrogen (secondary N) is 3. The second-order valence-electron chi connectivity index (χ2n) is 9.11. The molecule has 1 fully saturated rings. The van der Waals surface area contributed by atoms with E-state index in [9.17, 15) is 28.4 Å². The third kappa shape index (κ3) is 5.88. The van der Waals surface area contributed by atoms with E-state index in [1.54, 1.807) is 6.07 Å². The number of ether oxygens (including phenoxy) is 2. The molecule has 0 radical (unpaired) electrons. The van der Waals surface area contributed by atoms with Crippen molar-refractivity contribution >= 4 is 23.7 Å². The molecule has 0 aliphatic carbocycles. The molecule has 0 saturated carbocycles. The smallest absolute Gasteiger partial charge is 0.338 e. The first-order chi connectivity index (χ1) is 19.3. The zero-order chi connectivity index (χ0) is 28.8. The fourth-order valence-electron chi connectivity index (χ4n) is 4.66. The van der Waals surface area contributed by atoms with Gasteiger partial charge in [-0.2, -0.15) is 5.26 Å². The fourth-order valence-corrected chi connectivity index (χ4v) is 4.66. The molecule has 4 rings (SSSR count). The van der Waals surface area contributed by atoms with Crippen molar-refractivity contribution in [2.75, 3.05) is 51.9 Å². The lowest BCUT2D eigenvalue weighted by Gasteiger charge is -2.42. The van der Waals surface area contributed by atoms with Crippen molar-refractivity contribution in [3.63, 3.8) is 0 Å². The number of nitriles is 1. The van der Waals surface area contributed by atoms with Gasteiger partial charge in [0, 0.05) is 39.3 Å². The number of carbonyl (C=O) groups excluding carboxylic acids is 3. The fraction of sp³-hybridized carbons (Fsp3) is 0.333. The van der Waals surface area contributed by atoms with Crippen LogP contribution in [-0.2, 0) is 14.3 Å². The molecular formula is C27H28F2N6O5. The molecule has 4 amide bonds. The molecule has 2 aromatic carbocycles. The highest BCUT2D eigenvalue weighted by Gasteiger charge is 2.43. The van der Waals surface area contributed by atoms with Crippen LogP contribution in [0.4, 0.5) is 24.1 Å². The summed E-state index contributed by atoms with van der Waals surface area (Å²) in [5.41, 5.74) is 1.32. The number of rotatable bonds is 9. The van der Waals surface area contributed by atoms with E-state index in [1.807, 2.05) is 18.2 Å². The van der Waals surface area contributed by atoms with E-state index in [-0.39, 0.29) is 36.0 Å². The summed E-state index contributed by atoms with van der Waals surface area (Å²) in [6, 6.07) is 9.33. The SMILES string of the molecule is COCC1=C(C(=O)OC)C(c2ccc(F)c(F)c2)N(C(=O)NCCNC2CN(c3ccccc3C#N)C2)C(=O)N1. The number of halogens is 2. The van der Waals surface area contributed by atoms with Gasteiger partial charge in [-0.25, -0.2) is 28.1 Å². The van der Waals surface area contributed by atoms with E-state index in [1.165, 1.54) is 13.2 Å². The van der Waals surface area contributed by atoms with E-state index in [4.69, 9.17) is 9.47 Å². The van der Waals surface area contributed by atoms with Crippen LogP contribution in [0.5, 0.6) is 0 Å². The van der Waals surface area contributed by atoms with Crippen LogP contribution in [0, 0.1) is 23.0 Å². The maximum absolute atomic E-state index is 14.2. The standard InChI is InChI=1S/C27H28F2N6O5/c1-39-15-21-23(25(36)40-2)24(16-7-8-19(28)20(29)11-16)35(27(38)33-21)26(37)32-10-9-31-18-13-34(14-18)22-6-4-3-5-17(22)12-30/h3-8,11,18,24,31H,9-10,13-15H2,1-2H3,(H,32,37)(H,33,38). The van der Waals surface area contributed by atoms with Gasteiger partial charge >= 0.3 is 18.0 Å².